The minimum Gasteiger partial charge on any atom is -0.493 e. The normalized spacial score (nSPS) is 29.3. The molecular weight excluding hydrogens is 550 g/mol. The molecule has 1 heterocycles. The lowest BCUT2D eigenvalue weighted by Gasteiger charge is -2.41. The van der Waals surface area contributed by atoms with Crippen LogP contribution in [0.25, 0.3) is 10.8 Å². The van der Waals surface area contributed by atoms with Crippen LogP contribution in [-0.4, -0.2) is 33.1 Å². The van der Waals surface area contributed by atoms with Crippen molar-refractivity contribution in [2.45, 2.75) is 58.3 Å². The number of esters is 1. The topological polar surface area (TPSA) is 73.9 Å². The maximum absolute atomic E-state index is 14.4. The Labute approximate surface area is 259 Å². The molecule has 3 aromatic carbocycles. The number of ether oxygens (including phenoxy) is 3. The number of hydrogen-bond donors (Lipinski definition) is 1. The molecule has 2 saturated carbocycles. The van der Waals surface area contributed by atoms with Gasteiger partial charge in [0.05, 0.1) is 27.0 Å². The minimum absolute atomic E-state index is 0.0562. The lowest BCUT2D eigenvalue weighted by molar-refractivity contribution is -0.145. The number of carbonyl (C=O) groups is 2. The second-order valence-corrected chi connectivity index (χ2v) is 13.7. The summed E-state index contributed by atoms with van der Waals surface area (Å²) in [7, 11) is 4.61. The van der Waals surface area contributed by atoms with Gasteiger partial charge in [-0.2, -0.15) is 0 Å². The van der Waals surface area contributed by atoms with E-state index in [0.717, 1.165) is 40.4 Å². The van der Waals surface area contributed by atoms with Crippen LogP contribution in [0.1, 0.15) is 69.4 Å². The Bertz CT molecular complexity index is 1770. The molecule has 44 heavy (non-hydrogen) atoms. The standard InChI is InChI=1S/C38H41NO5/c1-37(2)23-15-16-38(37,3)24(18-23)19-28-26-13-11-21-9-7-8-10-25(21)34(26)39-35-32(28)29(40)20-27(33(35)36(41)44-6)22-12-14-30(42-4)31(17-22)43-5/h7-14,17,19,23,27-28,33,39H,15-16,18,20H2,1-6H3/t23-,27-,28-,33-,38+/m0/s1. The Morgan fingerprint density at radius 1 is 0.955 bits per heavy atom. The van der Waals surface area contributed by atoms with E-state index in [4.69, 9.17) is 14.2 Å². The molecule has 4 aliphatic rings. The second kappa shape index (κ2) is 10.3. The van der Waals surface area contributed by atoms with Gasteiger partial charge in [-0.25, -0.2) is 0 Å². The van der Waals surface area contributed by atoms with E-state index in [2.05, 4.69) is 56.4 Å². The van der Waals surface area contributed by atoms with E-state index >= 15 is 0 Å². The van der Waals surface area contributed by atoms with E-state index in [-0.39, 0.29) is 34.9 Å². The summed E-state index contributed by atoms with van der Waals surface area (Å²) >= 11 is 0. The van der Waals surface area contributed by atoms with Crippen molar-refractivity contribution in [3.05, 3.63) is 88.6 Å². The van der Waals surface area contributed by atoms with Gasteiger partial charge in [-0.05, 0) is 64.7 Å². The summed E-state index contributed by atoms with van der Waals surface area (Å²) in [4.78, 5) is 28.2. The van der Waals surface area contributed by atoms with Crippen LogP contribution in [-0.2, 0) is 14.3 Å². The molecule has 0 saturated heterocycles. The monoisotopic (exact) mass is 591 g/mol. The van der Waals surface area contributed by atoms with Crippen molar-refractivity contribution in [1.29, 1.82) is 0 Å². The van der Waals surface area contributed by atoms with Crippen LogP contribution in [0.2, 0.25) is 0 Å². The number of benzene rings is 3. The molecule has 3 aromatic rings. The van der Waals surface area contributed by atoms with E-state index < -0.39 is 11.8 Å². The molecule has 5 atom stereocenters. The SMILES string of the molecule is COC(=O)[C@@H]1C2=C(C(=O)C[C@H]1c1ccc(OC)c(OC)c1)[C@@H](C=C1C[C@@H]3CC[C@@]1(C)C3(C)C)c1ccc3ccccc3c1N2. The molecule has 0 radical (unpaired) electrons. The third kappa shape index (κ3) is 3.99. The molecule has 1 N–H and O–H groups in total. The fraction of sp³-hybridized carbons (Fsp3) is 0.421. The van der Waals surface area contributed by atoms with Crippen molar-refractivity contribution in [2.24, 2.45) is 22.7 Å². The molecular formula is C38H41NO5. The Hall–Kier alpha value is -4.06. The molecule has 0 spiro atoms. The first-order chi connectivity index (χ1) is 21.1. The highest BCUT2D eigenvalue weighted by Gasteiger charge is 2.59. The quantitative estimate of drug-likeness (QED) is 0.240. The number of carbonyl (C=O) groups excluding carboxylic acids is 2. The van der Waals surface area contributed by atoms with Crippen LogP contribution >= 0.6 is 0 Å². The first-order valence-corrected chi connectivity index (χ1v) is 15.7. The molecule has 3 aliphatic carbocycles. The maximum atomic E-state index is 14.4. The Balaban J connectivity index is 1.44. The molecule has 7 rings (SSSR count). The summed E-state index contributed by atoms with van der Waals surface area (Å²) in [6.45, 7) is 7.23. The number of nitrogens with one attached hydrogen (secondary N) is 1. The maximum Gasteiger partial charge on any atom is 0.315 e. The van der Waals surface area contributed by atoms with Crippen LogP contribution in [0, 0.1) is 22.7 Å². The van der Waals surface area contributed by atoms with Crippen molar-refractivity contribution < 1.29 is 23.8 Å². The van der Waals surface area contributed by atoms with Crippen molar-refractivity contribution >= 4 is 28.2 Å². The Morgan fingerprint density at radius 2 is 1.73 bits per heavy atom. The molecule has 6 heteroatoms. The third-order valence-electron chi connectivity index (χ3n) is 11.8. The predicted molar refractivity (Wildman–Crippen MR) is 172 cm³/mol. The highest BCUT2D eigenvalue weighted by Crippen LogP contribution is 2.68. The first kappa shape index (κ1) is 28.7. The summed E-state index contributed by atoms with van der Waals surface area (Å²) in [5.41, 5.74) is 5.97. The van der Waals surface area contributed by atoms with Gasteiger partial charge in [0.25, 0.3) is 0 Å². The number of Topliss-reactive ketones (excluding diaryl/α,β-unsaturated/α-hetero) is 1. The van der Waals surface area contributed by atoms with Gasteiger partial charge in [0.2, 0.25) is 0 Å². The number of anilines is 1. The zero-order valence-corrected chi connectivity index (χ0v) is 26.5. The molecule has 2 fully saturated rings. The van der Waals surface area contributed by atoms with Gasteiger partial charge in [-0.3, -0.25) is 9.59 Å². The third-order valence-corrected chi connectivity index (χ3v) is 11.8. The highest BCUT2D eigenvalue weighted by molar-refractivity contribution is 6.07. The number of methoxy groups -OCH3 is 3. The molecule has 0 amide bonds. The van der Waals surface area contributed by atoms with E-state index in [9.17, 15) is 9.59 Å². The first-order valence-electron chi connectivity index (χ1n) is 15.7. The van der Waals surface area contributed by atoms with Gasteiger partial charge in [-0.15, -0.1) is 0 Å². The zero-order valence-electron chi connectivity index (χ0n) is 26.5. The van der Waals surface area contributed by atoms with E-state index in [1.165, 1.54) is 19.1 Å². The van der Waals surface area contributed by atoms with Gasteiger partial charge in [0.1, 0.15) is 5.92 Å². The summed E-state index contributed by atoms with van der Waals surface area (Å²) in [5, 5.41) is 5.86. The van der Waals surface area contributed by atoms with E-state index in [0.29, 0.717) is 28.7 Å². The van der Waals surface area contributed by atoms with Crippen molar-refractivity contribution in [3.63, 3.8) is 0 Å². The average Bonchev–Trinajstić information content (AvgIpc) is 3.37. The van der Waals surface area contributed by atoms with Crippen molar-refractivity contribution in [1.82, 2.24) is 0 Å². The summed E-state index contributed by atoms with van der Waals surface area (Å²) in [6, 6.07) is 18.2. The van der Waals surface area contributed by atoms with E-state index in [1.807, 2.05) is 30.3 Å². The number of ketones is 1. The van der Waals surface area contributed by atoms with Crippen LogP contribution in [0.3, 0.4) is 0 Å². The van der Waals surface area contributed by atoms with Crippen LogP contribution in [0.5, 0.6) is 11.5 Å². The smallest absolute Gasteiger partial charge is 0.315 e. The van der Waals surface area contributed by atoms with Crippen molar-refractivity contribution in [3.8, 4) is 11.5 Å². The van der Waals surface area contributed by atoms with Crippen LogP contribution < -0.4 is 14.8 Å². The van der Waals surface area contributed by atoms with Crippen LogP contribution in [0.4, 0.5) is 5.69 Å². The van der Waals surface area contributed by atoms with Gasteiger partial charge in [0.15, 0.2) is 17.3 Å². The second-order valence-electron chi connectivity index (χ2n) is 13.7. The van der Waals surface area contributed by atoms with Gasteiger partial charge in [-0.1, -0.05) is 74.9 Å². The number of allylic oxidation sites excluding steroid dienone is 3. The highest BCUT2D eigenvalue weighted by atomic mass is 16.5. The zero-order chi connectivity index (χ0) is 31.0. The van der Waals surface area contributed by atoms with Gasteiger partial charge < -0.3 is 19.5 Å². The summed E-state index contributed by atoms with van der Waals surface area (Å²) < 4.78 is 16.5. The molecule has 228 valence electrons. The summed E-state index contributed by atoms with van der Waals surface area (Å²) in [6.07, 6.45) is 6.07. The van der Waals surface area contributed by atoms with Gasteiger partial charge >= 0.3 is 5.97 Å². The number of rotatable bonds is 5. The lowest BCUT2D eigenvalue weighted by atomic mass is 9.66. The number of fused-ring (bicyclic) bond motifs is 5. The summed E-state index contributed by atoms with van der Waals surface area (Å²) in [5.74, 6) is 0.126. The fourth-order valence-corrected chi connectivity index (χ4v) is 8.86. The lowest BCUT2D eigenvalue weighted by Crippen LogP contribution is -2.39. The molecule has 0 aromatic heterocycles. The number of hydrogen-bond acceptors (Lipinski definition) is 6. The van der Waals surface area contributed by atoms with E-state index in [1.54, 1.807) is 14.2 Å². The predicted octanol–water partition coefficient (Wildman–Crippen LogP) is 7.94. The molecule has 2 bridgehead atoms. The molecule has 0 unspecified atom stereocenters. The Kier molecular flexibility index (Phi) is 6.69. The molecule has 1 aliphatic heterocycles. The Morgan fingerprint density at radius 3 is 2.41 bits per heavy atom. The minimum atomic E-state index is -0.689. The van der Waals surface area contributed by atoms with Crippen molar-refractivity contribution in [2.75, 3.05) is 26.6 Å². The average molecular weight is 592 g/mol. The molecule has 6 nitrogen and oxygen atoms in total. The van der Waals surface area contributed by atoms with Crippen LogP contribution in [0.15, 0.2) is 77.5 Å². The van der Waals surface area contributed by atoms with Gasteiger partial charge in [0, 0.05) is 34.9 Å². The largest absolute Gasteiger partial charge is 0.493 e. The fourth-order valence-electron chi connectivity index (χ4n) is 8.86.